The average molecular weight is 726 g/mol. The molecule has 300 valence electrons. The smallest absolute Gasteiger partial charge is 0.384 e. The van der Waals surface area contributed by atoms with Gasteiger partial charge in [-0.3, -0.25) is 14.7 Å². The Balaban J connectivity index is 1.13. The fourth-order valence-electron chi connectivity index (χ4n) is 12.4. The Kier molecular flexibility index (Phi) is 18.0. The van der Waals surface area contributed by atoms with Gasteiger partial charge in [-0.15, -0.1) is 0 Å². The molecule has 6 rings (SSSR count). The van der Waals surface area contributed by atoms with Crippen LogP contribution in [-0.2, 0) is 14.0 Å². The molecule has 3 unspecified atom stereocenters. The van der Waals surface area contributed by atoms with Gasteiger partial charge in [0.05, 0.1) is 0 Å². The van der Waals surface area contributed by atoms with Gasteiger partial charge >= 0.3 is 7.32 Å². The number of hydrogen-bond donors (Lipinski definition) is 0. The zero-order valence-corrected chi connectivity index (χ0v) is 34.7. The van der Waals surface area contributed by atoms with Crippen molar-refractivity contribution in [3.63, 3.8) is 0 Å². The molecule has 6 saturated carbocycles. The molecule has 52 heavy (non-hydrogen) atoms. The van der Waals surface area contributed by atoms with Crippen LogP contribution in [-0.4, -0.2) is 96.2 Å². The Morgan fingerprint density at radius 3 is 0.673 bits per heavy atom. The van der Waals surface area contributed by atoms with Crippen molar-refractivity contribution in [2.45, 2.75) is 268 Å². The molecule has 0 aliphatic heterocycles. The third kappa shape index (κ3) is 12.2. The van der Waals surface area contributed by atoms with Gasteiger partial charge in [0.1, 0.15) is 0 Å². The van der Waals surface area contributed by atoms with E-state index in [-0.39, 0.29) is 0 Å². The highest BCUT2D eigenvalue weighted by molar-refractivity contribution is 6.36. The molecule has 6 fully saturated rings. The summed E-state index contributed by atoms with van der Waals surface area (Å²) >= 11 is 0. The highest BCUT2D eigenvalue weighted by atomic mass is 16.7. The van der Waals surface area contributed by atoms with Crippen LogP contribution >= 0.6 is 0 Å². The molecule has 0 aromatic heterocycles. The SMILES string of the molecule is CC(COB(OCC(C)N(C1CCCCC1)C1CCCCC1)OCC(C)N(C1CCCCC1)C1CCCCC1)N(C1CCCCC1)C1CCCCC1. The zero-order valence-electron chi connectivity index (χ0n) is 34.7. The third-order valence-corrected chi connectivity index (χ3v) is 14.9. The van der Waals surface area contributed by atoms with E-state index in [9.17, 15) is 0 Å². The van der Waals surface area contributed by atoms with Crippen LogP contribution < -0.4 is 0 Å². The van der Waals surface area contributed by atoms with Gasteiger partial charge in [-0.1, -0.05) is 116 Å². The zero-order chi connectivity index (χ0) is 36.0. The van der Waals surface area contributed by atoms with E-state index in [2.05, 4.69) is 35.5 Å². The summed E-state index contributed by atoms with van der Waals surface area (Å²) in [7, 11) is -0.592. The Labute approximate surface area is 322 Å². The second-order valence-corrected chi connectivity index (χ2v) is 18.9. The van der Waals surface area contributed by atoms with Gasteiger partial charge in [0.2, 0.25) is 0 Å². The molecular weight excluding hydrogens is 641 g/mol. The van der Waals surface area contributed by atoms with Crippen molar-refractivity contribution < 1.29 is 14.0 Å². The van der Waals surface area contributed by atoms with Crippen molar-refractivity contribution in [3.8, 4) is 0 Å². The lowest BCUT2D eigenvalue weighted by Gasteiger charge is -2.46. The Morgan fingerprint density at radius 2 is 0.500 bits per heavy atom. The predicted molar refractivity (Wildman–Crippen MR) is 219 cm³/mol. The van der Waals surface area contributed by atoms with Crippen LogP contribution in [0.2, 0.25) is 0 Å². The van der Waals surface area contributed by atoms with E-state index in [1.54, 1.807) is 0 Å². The van der Waals surface area contributed by atoms with Crippen molar-refractivity contribution in [2.75, 3.05) is 19.8 Å². The molecule has 0 N–H and O–H groups in total. The summed E-state index contributed by atoms with van der Waals surface area (Å²) in [5.74, 6) is 0. The number of rotatable bonds is 18. The van der Waals surface area contributed by atoms with Gasteiger partial charge in [0, 0.05) is 74.2 Å². The Hall–Kier alpha value is -0.175. The fraction of sp³-hybridized carbons (Fsp3) is 1.00. The second kappa shape index (κ2) is 22.5. The summed E-state index contributed by atoms with van der Waals surface area (Å²) in [4.78, 5) is 8.80. The standard InChI is InChI=1S/C45H84BN3O3/c1-37(47(40-22-10-4-11-23-40)41-24-12-5-13-25-41)34-50-46(51-35-38(2)48(42-26-14-6-15-27-42)43-28-16-7-17-29-43)52-36-39(3)49(44-30-18-8-19-31-44)45-32-20-9-21-33-45/h37-45H,4-36H2,1-3H3. The van der Waals surface area contributed by atoms with Crippen molar-refractivity contribution >= 4 is 7.32 Å². The predicted octanol–water partition coefficient (Wildman–Crippen LogP) is 11.1. The van der Waals surface area contributed by atoms with Crippen molar-refractivity contribution in [1.82, 2.24) is 14.7 Å². The van der Waals surface area contributed by atoms with Crippen LogP contribution in [0.1, 0.15) is 213 Å². The molecular formula is C45H84BN3O3. The quantitative estimate of drug-likeness (QED) is 0.131. The number of nitrogens with zero attached hydrogens (tertiary/aromatic N) is 3. The first-order valence-corrected chi connectivity index (χ1v) is 23.8. The first kappa shape index (κ1) is 41.5. The maximum absolute atomic E-state index is 6.89. The summed E-state index contributed by atoms with van der Waals surface area (Å²) in [6.45, 7) is 9.45. The van der Waals surface area contributed by atoms with E-state index in [1.165, 1.54) is 193 Å². The fourth-order valence-corrected chi connectivity index (χ4v) is 12.4. The first-order chi connectivity index (χ1) is 25.6. The highest BCUT2D eigenvalue weighted by Crippen LogP contribution is 2.35. The first-order valence-electron chi connectivity index (χ1n) is 23.8. The molecule has 0 aromatic rings. The Morgan fingerprint density at radius 1 is 0.327 bits per heavy atom. The van der Waals surface area contributed by atoms with Crippen LogP contribution in [0, 0.1) is 0 Å². The molecule has 0 bridgehead atoms. The largest absolute Gasteiger partial charge is 0.639 e. The van der Waals surface area contributed by atoms with Gasteiger partial charge in [0.15, 0.2) is 0 Å². The van der Waals surface area contributed by atoms with Crippen molar-refractivity contribution in [2.24, 2.45) is 0 Å². The van der Waals surface area contributed by atoms with Gasteiger partial charge in [-0.2, -0.15) is 0 Å². The lowest BCUT2D eigenvalue weighted by Crippen LogP contribution is -2.54. The normalized spacial score (nSPS) is 26.7. The van der Waals surface area contributed by atoms with E-state index >= 15 is 0 Å². The number of hydrogen-bond acceptors (Lipinski definition) is 6. The molecule has 3 atom stereocenters. The van der Waals surface area contributed by atoms with Gasteiger partial charge in [-0.25, -0.2) is 0 Å². The Bertz CT molecular complexity index is 765. The van der Waals surface area contributed by atoms with E-state index in [1.807, 2.05) is 0 Å². The summed E-state index contributed by atoms with van der Waals surface area (Å²) in [6.07, 6.45) is 41.6. The summed E-state index contributed by atoms with van der Waals surface area (Å²) < 4.78 is 20.7. The summed E-state index contributed by atoms with van der Waals surface area (Å²) in [6, 6.07) is 5.47. The van der Waals surface area contributed by atoms with Crippen molar-refractivity contribution in [3.05, 3.63) is 0 Å². The lowest BCUT2D eigenvalue weighted by molar-refractivity contribution is -0.0207. The maximum Gasteiger partial charge on any atom is 0.639 e. The highest BCUT2D eigenvalue weighted by Gasteiger charge is 2.38. The molecule has 0 radical (unpaired) electrons. The minimum Gasteiger partial charge on any atom is -0.384 e. The molecule has 0 amide bonds. The van der Waals surface area contributed by atoms with Crippen LogP contribution in [0.5, 0.6) is 0 Å². The molecule has 0 heterocycles. The maximum atomic E-state index is 6.89. The van der Waals surface area contributed by atoms with Gasteiger partial charge in [-0.05, 0) is 97.8 Å². The third-order valence-electron chi connectivity index (χ3n) is 14.9. The van der Waals surface area contributed by atoms with E-state index < -0.39 is 7.32 Å². The molecule has 6 aliphatic rings. The summed E-state index contributed by atoms with van der Waals surface area (Å²) in [5, 5.41) is 0. The van der Waals surface area contributed by atoms with E-state index in [4.69, 9.17) is 14.0 Å². The minimum absolute atomic E-state index is 0.387. The monoisotopic (exact) mass is 726 g/mol. The van der Waals surface area contributed by atoms with Gasteiger partial charge < -0.3 is 14.0 Å². The second-order valence-electron chi connectivity index (χ2n) is 18.9. The van der Waals surface area contributed by atoms with E-state index in [0.29, 0.717) is 37.9 Å². The van der Waals surface area contributed by atoms with E-state index in [0.717, 1.165) is 36.3 Å². The molecule has 6 nitrogen and oxygen atoms in total. The summed E-state index contributed by atoms with van der Waals surface area (Å²) in [5.41, 5.74) is 0. The lowest BCUT2D eigenvalue weighted by atomic mass is 9.87. The van der Waals surface area contributed by atoms with Crippen LogP contribution in [0.4, 0.5) is 0 Å². The molecule has 6 aliphatic carbocycles. The molecule has 0 saturated heterocycles. The van der Waals surface area contributed by atoms with Crippen molar-refractivity contribution in [1.29, 1.82) is 0 Å². The average Bonchev–Trinajstić information content (AvgIpc) is 3.20. The van der Waals surface area contributed by atoms with Crippen LogP contribution in [0.3, 0.4) is 0 Å². The molecule has 0 spiro atoms. The van der Waals surface area contributed by atoms with Crippen LogP contribution in [0.15, 0.2) is 0 Å². The minimum atomic E-state index is -0.592. The molecule has 0 aromatic carbocycles. The molecule has 7 heteroatoms. The van der Waals surface area contributed by atoms with Gasteiger partial charge in [0.25, 0.3) is 0 Å². The van der Waals surface area contributed by atoms with Crippen LogP contribution in [0.25, 0.3) is 0 Å². The topological polar surface area (TPSA) is 37.4 Å².